The lowest BCUT2D eigenvalue weighted by atomic mass is 10.1. The molecule has 3 aromatic carbocycles. The minimum Gasteiger partial charge on any atom is -0.491 e. The van der Waals surface area contributed by atoms with Gasteiger partial charge in [-0.1, -0.05) is 36.4 Å². The predicted octanol–water partition coefficient (Wildman–Crippen LogP) is 4.28. The maximum absolute atomic E-state index is 8.71. The van der Waals surface area contributed by atoms with E-state index in [4.69, 9.17) is 24.4 Å². The van der Waals surface area contributed by atoms with Gasteiger partial charge in [0.2, 0.25) is 0 Å². The first kappa shape index (κ1) is 23.3. The molecule has 32 heavy (non-hydrogen) atoms. The monoisotopic (exact) mass is 435 g/mol. The van der Waals surface area contributed by atoms with Gasteiger partial charge in [0.05, 0.1) is 26.4 Å². The lowest BCUT2D eigenvalue weighted by Crippen LogP contribution is -2.08. The maximum atomic E-state index is 8.71. The zero-order valence-electron chi connectivity index (χ0n) is 17.9. The molecule has 0 saturated carbocycles. The molecule has 6 nitrogen and oxygen atoms in total. The molecule has 0 aliphatic heterocycles. The van der Waals surface area contributed by atoms with Crippen LogP contribution in [-0.2, 0) is 4.74 Å². The van der Waals surface area contributed by atoms with E-state index in [0.717, 1.165) is 28.3 Å². The van der Waals surface area contributed by atoms with Gasteiger partial charge in [-0.3, -0.25) is 0 Å². The average Bonchev–Trinajstić information content (AvgIpc) is 3.28. The third kappa shape index (κ3) is 7.42. The van der Waals surface area contributed by atoms with E-state index in [1.54, 1.807) is 0 Å². The Kier molecular flexibility index (Phi) is 9.61. The maximum Gasteiger partial charge on any atom is 0.119 e. The summed E-state index contributed by atoms with van der Waals surface area (Å²) in [5, 5.41) is 18.3. The number of aromatic amines is 1. The fourth-order valence-electron chi connectivity index (χ4n) is 3.02. The third-order valence-electron chi connectivity index (χ3n) is 4.53. The summed E-state index contributed by atoms with van der Waals surface area (Å²) in [4.78, 5) is 3.39. The number of para-hydroxylation sites is 2. The van der Waals surface area contributed by atoms with Crippen LogP contribution in [0, 0.1) is 0 Å². The predicted molar refractivity (Wildman–Crippen MR) is 126 cm³/mol. The van der Waals surface area contributed by atoms with Gasteiger partial charge in [0.15, 0.2) is 0 Å². The Morgan fingerprint density at radius 3 is 2.00 bits per heavy atom. The van der Waals surface area contributed by atoms with Crippen LogP contribution in [0.3, 0.4) is 0 Å². The van der Waals surface area contributed by atoms with Gasteiger partial charge in [-0.15, -0.1) is 0 Å². The molecular formula is C26H29NO5. The molecule has 0 spiro atoms. The number of benzene rings is 3. The van der Waals surface area contributed by atoms with Crippen molar-refractivity contribution in [3.05, 3.63) is 84.9 Å². The van der Waals surface area contributed by atoms with Crippen LogP contribution in [0.1, 0.15) is 0 Å². The van der Waals surface area contributed by atoms with E-state index in [2.05, 4.69) is 23.2 Å². The lowest BCUT2D eigenvalue weighted by molar-refractivity contribution is 0.0705. The summed E-state index contributed by atoms with van der Waals surface area (Å²) in [7, 11) is 0. The Morgan fingerprint density at radius 1 is 0.625 bits per heavy atom. The minimum absolute atomic E-state index is 0.0315. The largest absolute Gasteiger partial charge is 0.491 e. The van der Waals surface area contributed by atoms with Crippen LogP contribution in [0.5, 0.6) is 11.5 Å². The first-order chi connectivity index (χ1) is 15.8. The van der Waals surface area contributed by atoms with Crippen molar-refractivity contribution in [1.82, 2.24) is 4.98 Å². The second kappa shape index (κ2) is 13.2. The van der Waals surface area contributed by atoms with E-state index < -0.39 is 0 Å². The zero-order valence-corrected chi connectivity index (χ0v) is 17.9. The van der Waals surface area contributed by atoms with Crippen molar-refractivity contribution in [1.29, 1.82) is 0 Å². The van der Waals surface area contributed by atoms with E-state index in [0.29, 0.717) is 26.4 Å². The van der Waals surface area contributed by atoms with E-state index in [9.17, 15) is 0 Å². The van der Waals surface area contributed by atoms with Crippen molar-refractivity contribution in [3.63, 3.8) is 0 Å². The van der Waals surface area contributed by atoms with E-state index in [1.807, 2.05) is 66.7 Å². The van der Waals surface area contributed by atoms with Crippen LogP contribution >= 0.6 is 0 Å². The first-order valence-corrected chi connectivity index (χ1v) is 10.6. The normalized spacial score (nSPS) is 10.4. The number of aromatic nitrogens is 1. The Balaban J connectivity index is 0.000000195. The number of hydrogen-bond donors (Lipinski definition) is 3. The summed E-state index contributed by atoms with van der Waals surface area (Å²) >= 11 is 0. The molecule has 0 saturated heterocycles. The molecule has 4 aromatic rings. The molecule has 3 N–H and O–H groups in total. The average molecular weight is 436 g/mol. The molecule has 0 amide bonds. The number of fused-ring (bicyclic) bond motifs is 1. The van der Waals surface area contributed by atoms with Crippen molar-refractivity contribution in [3.8, 4) is 22.8 Å². The standard InChI is InChI=1S/C16H15NO2.C10H14O3/c18-9-10-19-14-7-5-12(6-8-14)16-11-13-3-1-2-4-15(13)17-16;11-6-7-12-8-9-13-10-4-2-1-3-5-10/h1-8,11,17-18H,9-10H2;1-5,11H,6-9H2. The zero-order chi connectivity index (χ0) is 22.4. The van der Waals surface area contributed by atoms with Crippen molar-refractivity contribution < 1.29 is 24.4 Å². The molecule has 0 aliphatic rings. The van der Waals surface area contributed by atoms with E-state index >= 15 is 0 Å². The van der Waals surface area contributed by atoms with Crippen LogP contribution in [-0.4, -0.2) is 54.8 Å². The highest BCUT2D eigenvalue weighted by molar-refractivity contribution is 5.85. The van der Waals surface area contributed by atoms with Gasteiger partial charge in [0.1, 0.15) is 24.7 Å². The summed E-state index contributed by atoms with van der Waals surface area (Å²) in [5.74, 6) is 1.61. The molecule has 4 rings (SSSR count). The van der Waals surface area contributed by atoms with Crippen molar-refractivity contribution in [2.75, 3.05) is 39.6 Å². The smallest absolute Gasteiger partial charge is 0.119 e. The van der Waals surface area contributed by atoms with Gasteiger partial charge in [0, 0.05) is 16.6 Å². The number of aliphatic hydroxyl groups is 2. The summed E-state index contributed by atoms with van der Waals surface area (Å²) in [5.41, 5.74) is 3.35. The second-order valence-electron chi connectivity index (χ2n) is 6.86. The van der Waals surface area contributed by atoms with Crippen molar-refractivity contribution >= 4 is 10.9 Å². The number of nitrogens with one attached hydrogen (secondary N) is 1. The van der Waals surface area contributed by atoms with Gasteiger partial charge >= 0.3 is 0 Å². The molecule has 0 aliphatic carbocycles. The van der Waals surface area contributed by atoms with Gasteiger partial charge < -0.3 is 29.4 Å². The number of rotatable bonds is 10. The third-order valence-corrected chi connectivity index (χ3v) is 4.53. The number of H-pyrrole nitrogens is 1. The Bertz CT molecular complexity index is 998. The first-order valence-electron chi connectivity index (χ1n) is 10.6. The highest BCUT2D eigenvalue weighted by atomic mass is 16.5. The summed E-state index contributed by atoms with van der Waals surface area (Å²) in [6.07, 6.45) is 0. The van der Waals surface area contributed by atoms with Crippen LogP contribution < -0.4 is 9.47 Å². The summed E-state index contributed by atoms with van der Waals surface area (Å²) in [6.45, 7) is 1.82. The topological polar surface area (TPSA) is 83.9 Å². The fourth-order valence-corrected chi connectivity index (χ4v) is 3.02. The lowest BCUT2D eigenvalue weighted by Gasteiger charge is -2.05. The number of hydrogen-bond acceptors (Lipinski definition) is 5. The van der Waals surface area contributed by atoms with E-state index in [1.165, 1.54) is 5.39 Å². The molecular weight excluding hydrogens is 406 g/mol. The molecule has 1 heterocycles. The quantitative estimate of drug-likeness (QED) is 0.324. The summed E-state index contributed by atoms with van der Waals surface area (Å²) < 4.78 is 15.7. The second-order valence-corrected chi connectivity index (χ2v) is 6.86. The van der Waals surface area contributed by atoms with Gasteiger partial charge in [-0.05, 0) is 54.1 Å². The molecule has 168 valence electrons. The molecule has 1 aromatic heterocycles. The Morgan fingerprint density at radius 2 is 1.28 bits per heavy atom. The minimum atomic E-state index is 0.0315. The number of ether oxygens (including phenoxy) is 3. The molecule has 0 atom stereocenters. The van der Waals surface area contributed by atoms with Crippen molar-refractivity contribution in [2.24, 2.45) is 0 Å². The SMILES string of the molecule is OCCOCCOc1ccccc1.OCCOc1ccc(-c2cc3ccccc3[nH]2)cc1. The van der Waals surface area contributed by atoms with Gasteiger partial charge in [0.25, 0.3) is 0 Å². The van der Waals surface area contributed by atoms with Gasteiger partial charge in [-0.2, -0.15) is 0 Å². The molecule has 6 heteroatoms. The molecule has 0 bridgehead atoms. The molecule has 0 radical (unpaired) electrons. The van der Waals surface area contributed by atoms with Crippen molar-refractivity contribution in [2.45, 2.75) is 0 Å². The summed E-state index contributed by atoms with van der Waals surface area (Å²) in [6, 6.07) is 27.8. The molecule has 0 unspecified atom stereocenters. The van der Waals surface area contributed by atoms with Crippen LogP contribution in [0.4, 0.5) is 0 Å². The van der Waals surface area contributed by atoms with Crippen LogP contribution in [0.15, 0.2) is 84.9 Å². The van der Waals surface area contributed by atoms with Gasteiger partial charge in [-0.25, -0.2) is 0 Å². The Hall–Kier alpha value is -3.32. The molecule has 0 fully saturated rings. The van der Waals surface area contributed by atoms with E-state index in [-0.39, 0.29) is 13.2 Å². The number of aliphatic hydroxyl groups excluding tert-OH is 2. The highest BCUT2D eigenvalue weighted by Gasteiger charge is 2.03. The van der Waals surface area contributed by atoms with Crippen LogP contribution in [0.25, 0.3) is 22.2 Å². The van der Waals surface area contributed by atoms with Crippen LogP contribution in [0.2, 0.25) is 0 Å². The fraction of sp³-hybridized carbons (Fsp3) is 0.231. The highest BCUT2D eigenvalue weighted by Crippen LogP contribution is 2.25. The Labute approximate surface area is 188 Å².